The summed E-state index contributed by atoms with van der Waals surface area (Å²) in [7, 11) is 0. The van der Waals surface area contributed by atoms with E-state index in [1.807, 2.05) is 13.0 Å². The van der Waals surface area contributed by atoms with Gasteiger partial charge in [0.25, 0.3) is 0 Å². The van der Waals surface area contributed by atoms with Crippen molar-refractivity contribution in [3.8, 4) is 0 Å². The number of hydrazine groups is 1. The minimum absolute atomic E-state index is 0.633. The number of rotatable bonds is 2. The zero-order chi connectivity index (χ0) is 9.14. The van der Waals surface area contributed by atoms with Crippen LogP contribution in [0.25, 0.3) is 0 Å². The average Bonchev–Trinajstić information content (AvgIpc) is 2.03. The van der Waals surface area contributed by atoms with Crippen LogP contribution < -0.4 is 16.6 Å². The summed E-state index contributed by atoms with van der Waals surface area (Å²) in [5.41, 5.74) is 7.08. The Hall–Kier alpha value is -1.55. The number of aromatic nitrogens is 1. The molecule has 1 aromatic rings. The third-order valence-electron chi connectivity index (χ3n) is 1.51. The number of hydrogen-bond donors (Lipinski definition) is 2. The summed E-state index contributed by atoms with van der Waals surface area (Å²) >= 11 is 0. The van der Waals surface area contributed by atoms with Crippen molar-refractivity contribution < 1.29 is 0 Å². The Morgan fingerprint density at radius 3 is 2.83 bits per heavy atom. The summed E-state index contributed by atoms with van der Waals surface area (Å²) in [6, 6.07) is 1.81. The first-order valence-electron chi connectivity index (χ1n) is 3.53. The molecule has 0 amide bonds. The molecular weight excluding hydrogens is 152 g/mol. The van der Waals surface area contributed by atoms with Crippen LogP contribution in [0.15, 0.2) is 25.0 Å². The number of nitrogens with two attached hydrogens (primary N) is 2. The minimum Gasteiger partial charge on any atom is -0.397 e. The van der Waals surface area contributed by atoms with Crippen molar-refractivity contribution in [3.05, 3.63) is 30.6 Å². The second-order valence-electron chi connectivity index (χ2n) is 2.50. The second kappa shape index (κ2) is 3.23. The molecule has 0 aliphatic carbocycles. The molecule has 0 saturated carbocycles. The molecule has 0 saturated heterocycles. The number of pyridine rings is 1. The van der Waals surface area contributed by atoms with E-state index in [1.165, 1.54) is 11.2 Å². The molecule has 12 heavy (non-hydrogen) atoms. The highest BCUT2D eigenvalue weighted by Crippen LogP contribution is 2.15. The highest BCUT2D eigenvalue weighted by Gasteiger charge is 2.02. The first kappa shape index (κ1) is 8.55. The lowest BCUT2D eigenvalue weighted by Gasteiger charge is -2.14. The van der Waals surface area contributed by atoms with Crippen LogP contribution in [0.5, 0.6) is 0 Å². The lowest BCUT2D eigenvalue weighted by atomic mass is 10.2. The van der Waals surface area contributed by atoms with Gasteiger partial charge in [-0.25, -0.2) is 10.8 Å². The molecule has 4 heteroatoms. The van der Waals surface area contributed by atoms with E-state index >= 15 is 0 Å². The van der Waals surface area contributed by atoms with Gasteiger partial charge in [-0.2, -0.15) is 0 Å². The highest BCUT2D eigenvalue weighted by atomic mass is 15.4. The van der Waals surface area contributed by atoms with Crippen molar-refractivity contribution in [2.24, 2.45) is 5.84 Å². The van der Waals surface area contributed by atoms with Crippen molar-refractivity contribution in [2.75, 3.05) is 10.7 Å². The number of aryl methyl sites for hydroxylation is 1. The van der Waals surface area contributed by atoms with E-state index in [-0.39, 0.29) is 0 Å². The molecular formula is C8H12N4. The lowest BCUT2D eigenvalue weighted by molar-refractivity contribution is 1.02. The van der Waals surface area contributed by atoms with Crippen molar-refractivity contribution in [1.82, 2.24) is 4.98 Å². The Kier molecular flexibility index (Phi) is 2.30. The quantitative estimate of drug-likeness (QED) is 0.501. The van der Waals surface area contributed by atoms with Gasteiger partial charge in [0.2, 0.25) is 0 Å². The fourth-order valence-electron chi connectivity index (χ4n) is 0.946. The zero-order valence-corrected chi connectivity index (χ0v) is 6.99. The van der Waals surface area contributed by atoms with Gasteiger partial charge in [0.15, 0.2) is 0 Å². The number of anilines is 2. The molecule has 0 aliphatic rings. The Morgan fingerprint density at radius 2 is 2.33 bits per heavy atom. The molecule has 0 fully saturated rings. The predicted octanol–water partition coefficient (Wildman–Crippen LogP) is 0.796. The van der Waals surface area contributed by atoms with Crippen molar-refractivity contribution in [1.29, 1.82) is 0 Å². The number of hydrogen-bond acceptors (Lipinski definition) is 4. The lowest BCUT2D eigenvalue weighted by Crippen LogP contribution is -2.25. The molecule has 0 unspecified atom stereocenters. The number of nitrogens with zero attached hydrogens (tertiary/aromatic N) is 2. The smallest absolute Gasteiger partial charge is 0.149 e. The topological polar surface area (TPSA) is 68.2 Å². The fraction of sp³-hybridized carbons (Fsp3) is 0.125. The molecule has 0 aromatic carbocycles. The molecule has 0 bridgehead atoms. The van der Waals surface area contributed by atoms with Gasteiger partial charge < -0.3 is 5.73 Å². The Morgan fingerprint density at radius 1 is 1.67 bits per heavy atom. The average molecular weight is 164 g/mol. The third kappa shape index (κ3) is 1.54. The Labute approximate surface area is 71.5 Å². The van der Waals surface area contributed by atoms with Gasteiger partial charge in [0, 0.05) is 6.20 Å². The minimum atomic E-state index is 0.633. The molecule has 1 aromatic heterocycles. The molecule has 64 valence electrons. The summed E-state index contributed by atoms with van der Waals surface area (Å²) in [5.74, 6) is 6.22. The maximum absolute atomic E-state index is 5.56. The summed E-state index contributed by atoms with van der Waals surface area (Å²) in [6.07, 6.45) is 3.05. The summed E-state index contributed by atoms with van der Waals surface area (Å²) in [5, 5.41) is 1.36. The maximum atomic E-state index is 5.56. The maximum Gasteiger partial charge on any atom is 0.149 e. The van der Waals surface area contributed by atoms with E-state index in [2.05, 4.69) is 11.6 Å². The largest absolute Gasteiger partial charge is 0.397 e. The molecule has 0 spiro atoms. The summed E-state index contributed by atoms with van der Waals surface area (Å²) < 4.78 is 0. The van der Waals surface area contributed by atoms with E-state index in [4.69, 9.17) is 11.6 Å². The fourth-order valence-corrected chi connectivity index (χ4v) is 0.946. The van der Waals surface area contributed by atoms with Gasteiger partial charge in [-0.3, -0.25) is 5.01 Å². The van der Waals surface area contributed by atoms with E-state index in [0.29, 0.717) is 11.5 Å². The van der Waals surface area contributed by atoms with Crippen LogP contribution in [0.4, 0.5) is 11.5 Å². The summed E-state index contributed by atoms with van der Waals surface area (Å²) in [6.45, 7) is 5.42. The molecule has 4 nitrogen and oxygen atoms in total. The standard InChI is InChI=1S/C8H12N4/c1-3-12(10)8-6(2)4-7(9)5-11-8/h3-5H,1,9-10H2,2H3. The van der Waals surface area contributed by atoms with E-state index in [1.54, 1.807) is 6.20 Å². The van der Waals surface area contributed by atoms with Gasteiger partial charge in [0.05, 0.1) is 11.9 Å². The van der Waals surface area contributed by atoms with Gasteiger partial charge in [0.1, 0.15) is 5.82 Å². The molecule has 4 N–H and O–H groups in total. The summed E-state index contributed by atoms with van der Waals surface area (Å²) in [4.78, 5) is 4.05. The monoisotopic (exact) mass is 164 g/mol. The van der Waals surface area contributed by atoms with Gasteiger partial charge in [-0.15, -0.1) is 0 Å². The highest BCUT2D eigenvalue weighted by molar-refractivity contribution is 5.52. The zero-order valence-electron chi connectivity index (χ0n) is 6.99. The van der Waals surface area contributed by atoms with Crippen LogP contribution >= 0.6 is 0 Å². The van der Waals surface area contributed by atoms with Crippen LogP contribution in [0, 0.1) is 6.92 Å². The third-order valence-corrected chi connectivity index (χ3v) is 1.51. The van der Waals surface area contributed by atoms with Crippen LogP contribution in [0.1, 0.15) is 5.56 Å². The first-order valence-corrected chi connectivity index (χ1v) is 3.53. The van der Waals surface area contributed by atoms with Gasteiger partial charge in [-0.05, 0) is 18.6 Å². The van der Waals surface area contributed by atoms with Crippen LogP contribution in [0.3, 0.4) is 0 Å². The van der Waals surface area contributed by atoms with Crippen LogP contribution in [0.2, 0.25) is 0 Å². The van der Waals surface area contributed by atoms with Crippen molar-refractivity contribution in [2.45, 2.75) is 6.92 Å². The first-order chi connectivity index (χ1) is 5.65. The predicted molar refractivity (Wildman–Crippen MR) is 50.2 cm³/mol. The molecule has 0 atom stereocenters. The molecule has 1 rings (SSSR count). The van der Waals surface area contributed by atoms with Gasteiger partial charge in [-0.1, -0.05) is 6.58 Å². The normalized spacial score (nSPS) is 9.50. The molecule has 0 radical (unpaired) electrons. The van der Waals surface area contributed by atoms with Crippen molar-refractivity contribution in [3.63, 3.8) is 0 Å². The van der Waals surface area contributed by atoms with E-state index in [0.717, 1.165) is 5.56 Å². The van der Waals surface area contributed by atoms with E-state index < -0.39 is 0 Å². The Bertz CT molecular complexity index is 295. The molecule has 1 heterocycles. The second-order valence-corrected chi connectivity index (χ2v) is 2.50. The van der Waals surface area contributed by atoms with E-state index in [9.17, 15) is 0 Å². The Balaban J connectivity index is 3.09. The SMILES string of the molecule is C=CN(N)c1ncc(N)cc1C. The number of nitrogen functional groups attached to an aromatic ring is 1. The molecule has 0 aliphatic heterocycles. The van der Waals surface area contributed by atoms with Crippen LogP contribution in [-0.4, -0.2) is 4.98 Å². The van der Waals surface area contributed by atoms with Crippen molar-refractivity contribution >= 4 is 11.5 Å². The van der Waals surface area contributed by atoms with Crippen LogP contribution in [-0.2, 0) is 0 Å². The van der Waals surface area contributed by atoms with Gasteiger partial charge >= 0.3 is 0 Å².